The zero-order valence-electron chi connectivity index (χ0n) is 22.5. The highest BCUT2D eigenvalue weighted by Gasteiger charge is 2.61. The van der Waals surface area contributed by atoms with Crippen LogP contribution in [0.4, 0.5) is 0 Å². The highest BCUT2D eigenvalue weighted by molar-refractivity contribution is 5.66. The molecule has 4 aliphatic carbocycles. The second kappa shape index (κ2) is 9.14. The summed E-state index contributed by atoms with van der Waals surface area (Å²) in [6.45, 7) is 17.7. The summed E-state index contributed by atoms with van der Waals surface area (Å²) in [4.78, 5) is 11.6. The van der Waals surface area contributed by atoms with Crippen LogP contribution in [-0.4, -0.2) is 22.8 Å². The number of rotatable bonds is 5. The molecule has 0 aromatic heterocycles. The van der Waals surface area contributed by atoms with Gasteiger partial charge in [0.1, 0.15) is 0 Å². The van der Waals surface area contributed by atoms with Crippen molar-refractivity contribution in [2.24, 2.45) is 75.9 Å². The molecule has 0 amide bonds. The number of aliphatic hydroxyl groups is 1. The zero-order chi connectivity index (χ0) is 24.3. The van der Waals surface area contributed by atoms with Crippen LogP contribution in [0.1, 0.15) is 99.8 Å². The van der Waals surface area contributed by atoms with E-state index in [1.54, 1.807) is 0 Å². The molecule has 0 spiro atoms. The molecule has 4 saturated carbocycles. The van der Waals surface area contributed by atoms with Gasteiger partial charge >= 0.3 is 5.97 Å². The molecule has 0 heterocycles. The Morgan fingerprint density at radius 1 is 0.939 bits per heavy atom. The molecule has 0 saturated heterocycles. The van der Waals surface area contributed by atoms with Crippen molar-refractivity contribution in [3.05, 3.63) is 0 Å². The van der Waals surface area contributed by atoms with Crippen molar-refractivity contribution in [1.29, 1.82) is 0 Å². The molecule has 4 fully saturated rings. The van der Waals surface area contributed by atoms with Gasteiger partial charge in [0.05, 0.1) is 0 Å². The van der Waals surface area contributed by atoms with E-state index in [-0.39, 0.29) is 5.41 Å². The van der Waals surface area contributed by atoms with Crippen molar-refractivity contribution in [1.82, 2.24) is 0 Å². The van der Waals surface area contributed by atoms with E-state index in [0.29, 0.717) is 71.7 Å². The Bertz CT molecular complexity index is 715. The van der Waals surface area contributed by atoms with Crippen LogP contribution in [0.15, 0.2) is 0 Å². The standard InChI is InChI=1S/C30H52O3/c1-8-30(7)15-18(3)26-23-14-20(16-31)21-11-12-29(5,6)19(4)28(21)22(23)13-17(2)27(26)24(30)9-10-25(32)33/h17-24,26-28,31H,8-16H2,1-7H3,(H,32,33)/t17-,18+,19-,20+,21?,22?,23?,24?,26?,27?,28?,30?/m1/s1. The SMILES string of the molecule is CCC1(C)C[C@H](C)C2C3C[C@@H](CO)C4CCC(C)(C)[C@H](C)C4C3C[C@@H](C)C2C1CCC(=O)O. The number of hydrogen-bond donors (Lipinski definition) is 2. The predicted octanol–water partition coefficient (Wildman–Crippen LogP) is 7.13. The van der Waals surface area contributed by atoms with Gasteiger partial charge in [0.25, 0.3) is 0 Å². The smallest absolute Gasteiger partial charge is 0.303 e. The number of carbonyl (C=O) groups is 1. The van der Waals surface area contributed by atoms with Crippen molar-refractivity contribution in [2.75, 3.05) is 6.61 Å². The van der Waals surface area contributed by atoms with E-state index in [2.05, 4.69) is 48.5 Å². The van der Waals surface area contributed by atoms with E-state index >= 15 is 0 Å². The number of carboxylic acid groups (broad SMARTS) is 1. The van der Waals surface area contributed by atoms with Gasteiger partial charge in [-0.05, 0) is 114 Å². The molecular weight excluding hydrogens is 408 g/mol. The maximum Gasteiger partial charge on any atom is 0.303 e. The number of hydrogen-bond acceptors (Lipinski definition) is 2. The van der Waals surface area contributed by atoms with Crippen LogP contribution in [0.5, 0.6) is 0 Å². The molecule has 0 aromatic carbocycles. The van der Waals surface area contributed by atoms with Gasteiger partial charge in [0.15, 0.2) is 0 Å². The Morgan fingerprint density at radius 2 is 1.61 bits per heavy atom. The largest absolute Gasteiger partial charge is 0.481 e. The van der Waals surface area contributed by atoms with Gasteiger partial charge in [-0.3, -0.25) is 4.79 Å². The molecule has 0 bridgehead atoms. The molecule has 3 heteroatoms. The molecule has 4 aliphatic rings. The van der Waals surface area contributed by atoms with E-state index < -0.39 is 5.97 Å². The molecule has 33 heavy (non-hydrogen) atoms. The average molecular weight is 461 g/mol. The van der Waals surface area contributed by atoms with Crippen LogP contribution in [0.25, 0.3) is 0 Å². The molecule has 0 radical (unpaired) electrons. The highest BCUT2D eigenvalue weighted by atomic mass is 16.4. The van der Waals surface area contributed by atoms with Crippen molar-refractivity contribution >= 4 is 5.97 Å². The number of aliphatic carboxylic acids is 1. The van der Waals surface area contributed by atoms with E-state index in [1.807, 2.05) is 0 Å². The second-order valence-electron chi connectivity index (χ2n) is 14.2. The number of carboxylic acids is 1. The van der Waals surface area contributed by atoms with Crippen LogP contribution in [0.3, 0.4) is 0 Å². The summed E-state index contributed by atoms with van der Waals surface area (Å²) >= 11 is 0. The lowest BCUT2D eigenvalue weighted by atomic mass is 9.39. The summed E-state index contributed by atoms with van der Waals surface area (Å²) in [6, 6.07) is 0. The van der Waals surface area contributed by atoms with Crippen LogP contribution in [-0.2, 0) is 4.79 Å². The quantitative estimate of drug-likeness (QED) is 0.459. The molecule has 8 unspecified atom stereocenters. The molecule has 0 aromatic rings. The third-order valence-electron chi connectivity index (χ3n) is 12.4. The summed E-state index contributed by atoms with van der Waals surface area (Å²) in [5.74, 6) is 6.71. The number of fused-ring (bicyclic) bond motifs is 5. The second-order valence-corrected chi connectivity index (χ2v) is 14.2. The molecule has 190 valence electrons. The molecular formula is C30H52O3. The minimum Gasteiger partial charge on any atom is -0.481 e. The summed E-state index contributed by atoms with van der Waals surface area (Å²) < 4.78 is 0. The molecule has 2 N–H and O–H groups in total. The van der Waals surface area contributed by atoms with E-state index in [0.717, 1.165) is 24.7 Å². The van der Waals surface area contributed by atoms with Gasteiger partial charge in [0.2, 0.25) is 0 Å². The van der Waals surface area contributed by atoms with Crippen molar-refractivity contribution < 1.29 is 15.0 Å². The predicted molar refractivity (Wildman–Crippen MR) is 135 cm³/mol. The summed E-state index contributed by atoms with van der Waals surface area (Å²) in [5, 5.41) is 20.0. The van der Waals surface area contributed by atoms with Gasteiger partial charge < -0.3 is 10.2 Å². The Kier molecular flexibility index (Phi) is 7.07. The van der Waals surface area contributed by atoms with E-state index in [4.69, 9.17) is 0 Å². The van der Waals surface area contributed by atoms with Gasteiger partial charge in [-0.25, -0.2) is 0 Å². The van der Waals surface area contributed by atoms with Gasteiger partial charge in [-0.2, -0.15) is 0 Å². The Balaban J connectivity index is 1.71. The summed E-state index contributed by atoms with van der Waals surface area (Å²) in [6.07, 6.45) is 8.67. The fourth-order valence-electron chi connectivity index (χ4n) is 10.5. The fraction of sp³-hybridized carbons (Fsp3) is 0.967. The monoisotopic (exact) mass is 460 g/mol. The normalized spacial score (nSPS) is 51.2. The van der Waals surface area contributed by atoms with Crippen LogP contribution in [0, 0.1) is 75.9 Å². The van der Waals surface area contributed by atoms with Crippen molar-refractivity contribution in [3.63, 3.8) is 0 Å². The fourth-order valence-corrected chi connectivity index (χ4v) is 10.5. The third-order valence-corrected chi connectivity index (χ3v) is 12.4. The van der Waals surface area contributed by atoms with Gasteiger partial charge in [-0.1, -0.05) is 54.9 Å². The topological polar surface area (TPSA) is 57.5 Å². The first-order chi connectivity index (χ1) is 15.4. The molecule has 4 rings (SSSR count). The lowest BCUT2D eigenvalue weighted by molar-refractivity contribution is -0.176. The zero-order valence-corrected chi connectivity index (χ0v) is 22.5. The lowest BCUT2D eigenvalue weighted by Crippen LogP contribution is -2.60. The average Bonchev–Trinajstić information content (AvgIpc) is 2.75. The van der Waals surface area contributed by atoms with Crippen molar-refractivity contribution in [2.45, 2.75) is 99.8 Å². The Labute approximate surface area is 203 Å². The third kappa shape index (κ3) is 4.21. The molecule has 0 aliphatic heterocycles. The molecule has 12 atom stereocenters. The summed E-state index contributed by atoms with van der Waals surface area (Å²) in [7, 11) is 0. The minimum atomic E-state index is -0.635. The highest BCUT2D eigenvalue weighted by Crippen LogP contribution is 2.67. The first-order valence-corrected chi connectivity index (χ1v) is 14.3. The Hall–Kier alpha value is -0.570. The minimum absolute atomic E-state index is 0.255. The first kappa shape index (κ1) is 25.5. The van der Waals surface area contributed by atoms with Crippen LogP contribution in [0.2, 0.25) is 0 Å². The van der Waals surface area contributed by atoms with E-state index in [9.17, 15) is 15.0 Å². The van der Waals surface area contributed by atoms with Crippen molar-refractivity contribution in [3.8, 4) is 0 Å². The van der Waals surface area contributed by atoms with E-state index in [1.165, 1.54) is 32.1 Å². The summed E-state index contributed by atoms with van der Waals surface area (Å²) in [5.41, 5.74) is 0.650. The maximum atomic E-state index is 11.6. The van der Waals surface area contributed by atoms with Gasteiger partial charge in [-0.15, -0.1) is 0 Å². The maximum absolute atomic E-state index is 11.6. The lowest BCUT2D eigenvalue weighted by Gasteiger charge is -2.65. The van der Waals surface area contributed by atoms with Gasteiger partial charge in [0, 0.05) is 13.0 Å². The molecule has 3 nitrogen and oxygen atoms in total. The van der Waals surface area contributed by atoms with Crippen LogP contribution < -0.4 is 0 Å². The van der Waals surface area contributed by atoms with Crippen LogP contribution >= 0.6 is 0 Å². The Morgan fingerprint density at radius 3 is 2.21 bits per heavy atom. The first-order valence-electron chi connectivity index (χ1n) is 14.3. The number of aliphatic hydroxyl groups excluding tert-OH is 1.